The second-order valence-corrected chi connectivity index (χ2v) is 3.59. The van der Waals surface area contributed by atoms with Gasteiger partial charge in [-0.25, -0.2) is 0 Å². The number of carbonyl (C=O) groups excluding carboxylic acids is 2. The molecule has 0 aromatic carbocycles. The highest BCUT2D eigenvalue weighted by Gasteiger charge is 2.26. The molecular weight excluding hydrogens is 168 g/mol. The molecule has 0 aromatic heterocycles. The molecule has 0 spiro atoms. The zero-order chi connectivity index (χ0) is 9.68. The first-order valence-electron chi connectivity index (χ1n) is 4.85. The van der Waals surface area contributed by atoms with Crippen LogP contribution >= 0.6 is 0 Å². The zero-order valence-electron chi connectivity index (χ0n) is 7.99. The van der Waals surface area contributed by atoms with Crippen molar-refractivity contribution in [3.8, 4) is 0 Å². The van der Waals surface area contributed by atoms with Gasteiger partial charge in [0.05, 0.1) is 0 Å². The summed E-state index contributed by atoms with van der Waals surface area (Å²) in [7, 11) is 0. The smallest absolute Gasteiger partial charge is 0.302 e. The van der Waals surface area contributed by atoms with Crippen LogP contribution in [0, 0.1) is 5.92 Å². The van der Waals surface area contributed by atoms with Gasteiger partial charge in [-0.2, -0.15) is 0 Å². The van der Waals surface area contributed by atoms with Crippen molar-refractivity contribution < 1.29 is 14.3 Å². The Kier molecular flexibility index (Phi) is 3.93. The van der Waals surface area contributed by atoms with Gasteiger partial charge in [-0.1, -0.05) is 6.42 Å². The third-order valence-corrected chi connectivity index (χ3v) is 2.56. The van der Waals surface area contributed by atoms with Crippen molar-refractivity contribution in [1.29, 1.82) is 0 Å². The van der Waals surface area contributed by atoms with E-state index in [1.807, 2.05) is 0 Å². The van der Waals surface area contributed by atoms with Crippen LogP contribution in [0.3, 0.4) is 0 Å². The average molecular weight is 184 g/mol. The minimum Gasteiger partial charge on any atom is -0.462 e. The Bertz CT molecular complexity index is 189. The van der Waals surface area contributed by atoms with E-state index in [2.05, 4.69) is 0 Å². The van der Waals surface area contributed by atoms with Gasteiger partial charge in [0.15, 0.2) is 0 Å². The molecule has 0 aliphatic heterocycles. The fraction of sp³-hybridized carbons (Fsp3) is 0.800. The number of aldehydes is 1. The molecule has 1 aliphatic rings. The van der Waals surface area contributed by atoms with Crippen LogP contribution in [-0.2, 0) is 14.3 Å². The van der Waals surface area contributed by atoms with Gasteiger partial charge in [0.1, 0.15) is 12.4 Å². The van der Waals surface area contributed by atoms with Crippen molar-refractivity contribution in [2.24, 2.45) is 5.92 Å². The summed E-state index contributed by atoms with van der Waals surface area (Å²) >= 11 is 0. The monoisotopic (exact) mass is 184 g/mol. The molecule has 1 saturated carbocycles. The topological polar surface area (TPSA) is 43.4 Å². The number of carbonyl (C=O) groups is 2. The summed E-state index contributed by atoms with van der Waals surface area (Å²) in [5.41, 5.74) is 0. The number of ether oxygens (including phenoxy) is 1. The van der Waals surface area contributed by atoms with Crippen LogP contribution in [0.2, 0.25) is 0 Å². The molecule has 0 unspecified atom stereocenters. The Morgan fingerprint density at radius 2 is 2.15 bits per heavy atom. The fourth-order valence-electron chi connectivity index (χ4n) is 1.94. The lowest BCUT2D eigenvalue weighted by Crippen LogP contribution is -2.29. The molecule has 0 aromatic rings. The molecule has 13 heavy (non-hydrogen) atoms. The number of hydrogen-bond acceptors (Lipinski definition) is 3. The Labute approximate surface area is 78.5 Å². The first-order chi connectivity index (χ1) is 6.24. The maximum absolute atomic E-state index is 10.8. The van der Waals surface area contributed by atoms with Crippen LogP contribution < -0.4 is 0 Å². The Hall–Kier alpha value is -0.860. The van der Waals surface area contributed by atoms with Crippen molar-refractivity contribution >= 4 is 12.3 Å². The van der Waals surface area contributed by atoms with E-state index in [-0.39, 0.29) is 18.0 Å². The van der Waals surface area contributed by atoms with Gasteiger partial charge >= 0.3 is 5.97 Å². The van der Waals surface area contributed by atoms with E-state index in [0.717, 1.165) is 32.0 Å². The van der Waals surface area contributed by atoms with Crippen molar-refractivity contribution in [3.63, 3.8) is 0 Å². The lowest BCUT2D eigenvalue weighted by Gasteiger charge is -2.29. The van der Waals surface area contributed by atoms with Crippen molar-refractivity contribution in [1.82, 2.24) is 0 Å². The molecular formula is C10H16O3. The third kappa shape index (κ3) is 3.17. The summed E-state index contributed by atoms with van der Waals surface area (Å²) in [5, 5.41) is 0. The van der Waals surface area contributed by atoms with Gasteiger partial charge in [0.2, 0.25) is 0 Å². The number of hydrogen-bond donors (Lipinski definition) is 0. The van der Waals surface area contributed by atoms with E-state index in [4.69, 9.17) is 4.74 Å². The molecule has 2 atom stereocenters. The summed E-state index contributed by atoms with van der Waals surface area (Å²) < 4.78 is 5.16. The number of esters is 1. The van der Waals surface area contributed by atoms with Crippen LogP contribution in [0.5, 0.6) is 0 Å². The van der Waals surface area contributed by atoms with Gasteiger partial charge in [0, 0.05) is 19.3 Å². The zero-order valence-corrected chi connectivity index (χ0v) is 7.99. The normalized spacial score (nSPS) is 28.1. The molecule has 0 radical (unpaired) electrons. The highest BCUT2D eigenvalue weighted by molar-refractivity contribution is 5.66. The quantitative estimate of drug-likeness (QED) is 0.495. The number of rotatable bonds is 3. The molecule has 1 fully saturated rings. The summed E-state index contributed by atoms with van der Waals surface area (Å²) in [5.74, 6) is 0.0259. The minimum atomic E-state index is -0.234. The van der Waals surface area contributed by atoms with Crippen LogP contribution in [-0.4, -0.2) is 18.4 Å². The Morgan fingerprint density at radius 3 is 2.77 bits per heavy atom. The average Bonchev–Trinajstić information content (AvgIpc) is 2.08. The Balaban J connectivity index is 2.45. The molecule has 0 heterocycles. The summed E-state index contributed by atoms with van der Waals surface area (Å²) in [6, 6.07) is 0. The second kappa shape index (κ2) is 5.00. The van der Waals surface area contributed by atoms with Crippen LogP contribution in [0.4, 0.5) is 0 Å². The first-order valence-corrected chi connectivity index (χ1v) is 4.85. The molecule has 3 nitrogen and oxygen atoms in total. The van der Waals surface area contributed by atoms with E-state index >= 15 is 0 Å². The molecule has 3 heteroatoms. The summed E-state index contributed by atoms with van der Waals surface area (Å²) in [6.07, 6.45) is 5.61. The standard InChI is InChI=1S/C10H16O3/c1-8(12)13-10-5-3-2-4-9(10)6-7-11/h7,9-10H,2-6H2,1H3/t9-,10+/m1/s1. The van der Waals surface area contributed by atoms with Gasteiger partial charge in [0.25, 0.3) is 0 Å². The lowest BCUT2D eigenvalue weighted by molar-refractivity contribution is -0.151. The third-order valence-electron chi connectivity index (χ3n) is 2.56. The minimum absolute atomic E-state index is 0.0172. The van der Waals surface area contributed by atoms with Crippen molar-refractivity contribution in [3.05, 3.63) is 0 Å². The summed E-state index contributed by atoms with van der Waals surface area (Å²) in [6.45, 7) is 1.42. The SMILES string of the molecule is CC(=O)O[C@H]1CCCC[C@@H]1CC=O. The van der Waals surface area contributed by atoms with Gasteiger partial charge in [-0.3, -0.25) is 4.79 Å². The molecule has 1 aliphatic carbocycles. The molecule has 0 bridgehead atoms. The lowest BCUT2D eigenvalue weighted by atomic mass is 9.84. The fourth-order valence-corrected chi connectivity index (χ4v) is 1.94. The molecule has 0 amide bonds. The largest absolute Gasteiger partial charge is 0.462 e. The maximum Gasteiger partial charge on any atom is 0.302 e. The van der Waals surface area contributed by atoms with Crippen molar-refractivity contribution in [2.45, 2.75) is 45.1 Å². The summed E-state index contributed by atoms with van der Waals surface area (Å²) in [4.78, 5) is 21.1. The Morgan fingerprint density at radius 1 is 1.46 bits per heavy atom. The van der Waals surface area contributed by atoms with Crippen molar-refractivity contribution in [2.75, 3.05) is 0 Å². The van der Waals surface area contributed by atoms with E-state index in [1.165, 1.54) is 6.92 Å². The van der Waals surface area contributed by atoms with E-state index in [1.54, 1.807) is 0 Å². The van der Waals surface area contributed by atoms with E-state index in [9.17, 15) is 9.59 Å². The molecule has 0 saturated heterocycles. The first kappa shape index (κ1) is 10.2. The highest BCUT2D eigenvalue weighted by atomic mass is 16.5. The molecule has 0 N–H and O–H groups in total. The van der Waals surface area contributed by atoms with Gasteiger partial charge in [-0.15, -0.1) is 0 Å². The predicted molar refractivity (Wildman–Crippen MR) is 48.2 cm³/mol. The van der Waals surface area contributed by atoms with Crippen LogP contribution in [0.1, 0.15) is 39.0 Å². The second-order valence-electron chi connectivity index (χ2n) is 3.59. The molecule has 74 valence electrons. The van der Waals surface area contributed by atoms with Crippen LogP contribution in [0.25, 0.3) is 0 Å². The van der Waals surface area contributed by atoms with Gasteiger partial charge < -0.3 is 9.53 Å². The predicted octanol–water partition coefficient (Wildman–Crippen LogP) is 1.70. The van der Waals surface area contributed by atoms with E-state index < -0.39 is 0 Å². The van der Waals surface area contributed by atoms with Crippen LogP contribution in [0.15, 0.2) is 0 Å². The highest BCUT2D eigenvalue weighted by Crippen LogP contribution is 2.28. The van der Waals surface area contributed by atoms with Gasteiger partial charge in [-0.05, 0) is 19.3 Å². The molecule has 1 rings (SSSR count). The maximum atomic E-state index is 10.8. The van der Waals surface area contributed by atoms with E-state index in [0.29, 0.717) is 6.42 Å².